The number of amides is 1. The zero-order valence-corrected chi connectivity index (χ0v) is 13.6. The molecule has 0 atom stereocenters. The molecule has 1 fully saturated rings. The summed E-state index contributed by atoms with van der Waals surface area (Å²) in [6.45, 7) is 3.52. The summed E-state index contributed by atoms with van der Waals surface area (Å²) in [4.78, 5) is 14.0. The number of carbonyl (C=O) groups excluding carboxylic acids is 1. The van der Waals surface area contributed by atoms with E-state index in [-0.39, 0.29) is 0 Å². The van der Waals surface area contributed by atoms with Crippen molar-refractivity contribution in [2.45, 2.75) is 6.42 Å². The van der Waals surface area contributed by atoms with Gasteiger partial charge in [-0.2, -0.15) is 0 Å². The topological polar surface area (TPSA) is 64.8 Å². The highest BCUT2D eigenvalue weighted by molar-refractivity contribution is 5.96. The molecule has 2 aromatic carbocycles. The van der Waals surface area contributed by atoms with Crippen LogP contribution in [0, 0.1) is 0 Å². The number of hydrogen-bond acceptors (Lipinski definition) is 4. The molecule has 0 saturated carbocycles. The second kappa shape index (κ2) is 7.84. The lowest BCUT2D eigenvalue weighted by Gasteiger charge is -2.29. The van der Waals surface area contributed by atoms with Gasteiger partial charge in [0.15, 0.2) is 0 Å². The van der Waals surface area contributed by atoms with E-state index >= 15 is 0 Å². The molecule has 2 N–H and O–H groups in total. The van der Waals surface area contributed by atoms with Crippen LogP contribution in [0.15, 0.2) is 48.5 Å². The maximum Gasteiger partial charge on any atom is 0.252 e. The average Bonchev–Trinajstić information content (AvgIpc) is 2.63. The molecular weight excluding hydrogens is 304 g/mol. The van der Waals surface area contributed by atoms with E-state index in [9.17, 15) is 4.79 Å². The fraction of sp³-hybridized carbons (Fsp3) is 0.316. The minimum absolute atomic E-state index is 0.423. The molecule has 126 valence electrons. The molecule has 24 heavy (non-hydrogen) atoms. The van der Waals surface area contributed by atoms with Gasteiger partial charge >= 0.3 is 0 Å². The predicted molar refractivity (Wildman–Crippen MR) is 93.6 cm³/mol. The molecule has 0 bridgehead atoms. The number of carbonyl (C=O) groups is 1. The van der Waals surface area contributed by atoms with Crippen molar-refractivity contribution in [3.63, 3.8) is 0 Å². The number of primary amides is 1. The third kappa shape index (κ3) is 4.06. The van der Waals surface area contributed by atoms with Gasteiger partial charge in [-0.25, -0.2) is 0 Å². The third-order valence-corrected chi connectivity index (χ3v) is 4.10. The molecule has 0 unspecified atom stereocenters. The second-order valence-corrected chi connectivity index (χ2v) is 5.73. The Bertz CT molecular complexity index is 682. The third-order valence-electron chi connectivity index (χ3n) is 4.10. The lowest BCUT2D eigenvalue weighted by molar-refractivity contribution is 0.0996. The van der Waals surface area contributed by atoms with Gasteiger partial charge in [0, 0.05) is 25.2 Å². The van der Waals surface area contributed by atoms with Gasteiger partial charge in [-0.05, 0) is 23.8 Å². The van der Waals surface area contributed by atoms with Crippen LogP contribution in [0.1, 0.15) is 15.9 Å². The number of ether oxygens (including phenoxy) is 2. The molecule has 2 aromatic rings. The molecule has 5 heteroatoms. The van der Waals surface area contributed by atoms with Crippen LogP contribution in [-0.2, 0) is 11.2 Å². The van der Waals surface area contributed by atoms with Gasteiger partial charge in [0.2, 0.25) is 0 Å². The number of anilines is 1. The summed E-state index contributed by atoms with van der Waals surface area (Å²) in [5.41, 5.74) is 8.13. The molecule has 1 aliphatic heterocycles. The Morgan fingerprint density at radius 3 is 2.58 bits per heavy atom. The fourth-order valence-corrected chi connectivity index (χ4v) is 2.78. The molecule has 1 amide bonds. The van der Waals surface area contributed by atoms with Crippen LogP contribution in [0.3, 0.4) is 0 Å². The Labute approximate surface area is 142 Å². The Morgan fingerprint density at radius 2 is 1.88 bits per heavy atom. The quantitative estimate of drug-likeness (QED) is 0.884. The minimum Gasteiger partial charge on any atom is -0.492 e. The molecule has 1 heterocycles. The zero-order chi connectivity index (χ0) is 16.8. The van der Waals surface area contributed by atoms with E-state index in [4.69, 9.17) is 15.2 Å². The molecular formula is C19H22N2O3. The minimum atomic E-state index is -0.472. The van der Waals surface area contributed by atoms with E-state index in [1.807, 2.05) is 36.4 Å². The predicted octanol–water partition coefficient (Wildman–Crippen LogP) is 2.24. The molecule has 1 aliphatic rings. The second-order valence-electron chi connectivity index (χ2n) is 5.73. The van der Waals surface area contributed by atoms with Crippen molar-refractivity contribution in [2.24, 2.45) is 5.73 Å². The first-order chi connectivity index (χ1) is 11.7. The van der Waals surface area contributed by atoms with Gasteiger partial charge in [-0.3, -0.25) is 4.79 Å². The zero-order valence-electron chi connectivity index (χ0n) is 13.6. The van der Waals surface area contributed by atoms with E-state index < -0.39 is 5.91 Å². The van der Waals surface area contributed by atoms with Crippen LogP contribution in [0.4, 0.5) is 5.69 Å². The number of benzene rings is 2. The summed E-state index contributed by atoms with van der Waals surface area (Å²) in [7, 11) is 0. The molecule has 0 radical (unpaired) electrons. The first kappa shape index (κ1) is 16.3. The summed E-state index contributed by atoms with van der Waals surface area (Å²) in [6.07, 6.45) is 0.782. The van der Waals surface area contributed by atoms with Crippen molar-refractivity contribution in [1.82, 2.24) is 0 Å². The van der Waals surface area contributed by atoms with Gasteiger partial charge in [0.1, 0.15) is 5.75 Å². The van der Waals surface area contributed by atoms with Crippen LogP contribution < -0.4 is 15.4 Å². The van der Waals surface area contributed by atoms with Crippen LogP contribution in [0.2, 0.25) is 0 Å². The summed E-state index contributed by atoms with van der Waals surface area (Å²) < 4.78 is 11.2. The highest BCUT2D eigenvalue weighted by atomic mass is 16.5. The van der Waals surface area contributed by atoms with Gasteiger partial charge in [-0.15, -0.1) is 0 Å². The average molecular weight is 326 g/mol. The molecule has 0 aliphatic carbocycles. The van der Waals surface area contributed by atoms with Crippen molar-refractivity contribution >= 4 is 11.6 Å². The van der Waals surface area contributed by atoms with Crippen LogP contribution in [0.25, 0.3) is 0 Å². The van der Waals surface area contributed by atoms with Gasteiger partial charge in [0.05, 0.1) is 25.4 Å². The lowest BCUT2D eigenvalue weighted by atomic mass is 10.1. The van der Waals surface area contributed by atoms with E-state index in [1.165, 1.54) is 5.56 Å². The Morgan fingerprint density at radius 1 is 1.12 bits per heavy atom. The largest absolute Gasteiger partial charge is 0.492 e. The van der Waals surface area contributed by atoms with E-state index in [2.05, 4.69) is 17.0 Å². The monoisotopic (exact) mass is 326 g/mol. The normalized spacial score (nSPS) is 14.4. The van der Waals surface area contributed by atoms with Crippen molar-refractivity contribution in [2.75, 3.05) is 37.8 Å². The summed E-state index contributed by atoms with van der Waals surface area (Å²) in [6, 6.07) is 15.7. The summed E-state index contributed by atoms with van der Waals surface area (Å²) in [5, 5.41) is 0. The highest BCUT2D eigenvalue weighted by Gasteiger charge is 2.16. The maximum absolute atomic E-state index is 11.8. The van der Waals surface area contributed by atoms with Crippen molar-refractivity contribution in [3.05, 3.63) is 59.7 Å². The van der Waals surface area contributed by atoms with E-state index in [0.29, 0.717) is 31.1 Å². The molecule has 0 spiro atoms. The summed E-state index contributed by atoms with van der Waals surface area (Å²) >= 11 is 0. The smallest absolute Gasteiger partial charge is 0.252 e. The van der Waals surface area contributed by atoms with E-state index in [0.717, 1.165) is 25.2 Å². The molecule has 0 aromatic heterocycles. The van der Waals surface area contributed by atoms with Crippen molar-refractivity contribution in [1.29, 1.82) is 0 Å². The maximum atomic E-state index is 11.8. The molecule has 3 rings (SSSR count). The number of morpholine rings is 1. The van der Waals surface area contributed by atoms with Gasteiger partial charge in [0.25, 0.3) is 5.91 Å². The first-order valence-electron chi connectivity index (χ1n) is 8.17. The number of nitrogens with two attached hydrogens (primary N) is 1. The van der Waals surface area contributed by atoms with Crippen molar-refractivity contribution in [3.8, 4) is 5.75 Å². The van der Waals surface area contributed by atoms with Crippen molar-refractivity contribution < 1.29 is 14.3 Å². The van der Waals surface area contributed by atoms with E-state index in [1.54, 1.807) is 0 Å². The molecule has 5 nitrogen and oxygen atoms in total. The standard InChI is InChI=1S/C19H22N2O3/c20-19(22)17-14-16(21-9-12-23-13-10-21)6-7-18(17)24-11-8-15-4-2-1-3-5-15/h1-7,14H,8-13H2,(H2,20,22). The molecule has 1 saturated heterocycles. The fourth-order valence-electron chi connectivity index (χ4n) is 2.78. The van der Waals surface area contributed by atoms with Crippen LogP contribution in [-0.4, -0.2) is 38.8 Å². The number of nitrogens with zero attached hydrogens (tertiary/aromatic N) is 1. The number of hydrogen-bond donors (Lipinski definition) is 1. The van der Waals surface area contributed by atoms with Crippen LogP contribution in [0.5, 0.6) is 5.75 Å². The SMILES string of the molecule is NC(=O)c1cc(N2CCOCC2)ccc1OCCc1ccccc1. The number of rotatable bonds is 6. The Hall–Kier alpha value is -2.53. The lowest BCUT2D eigenvalue weighted by Crippen LogP contribution is -2.36. The highest BCUT2D eigenvalue weighted by Crippen LogP contribution is 2.26. The van der Waals surface area contributed by atoms with Crippen LogP contribution >= 0.6 is 0 Å². The Balaban J connectivity index is 1.69. The Kier molecular flexibility index (Phi) is 5.33. The first-order valence-corrected chi connectivity index (χ1v) is 8.17. The van der Waals surface area contributed by atoms with Gasteiger partial charge in [-0.1, -0.05) is 30.3 Å². The van der Waals surface area contributed by atoms with Gasteiger partial charge < -0.3 is 20.1 Å². The summed E-state index contributed by atoms with van der Waals surface area (Å²) in [5.74, 6) is 0.0651.